The third-order valence-corrected chi connectivity index (χ3v) is 4.11. The molecule has 0 spiro atoms. The van der Waals surface area contributed by atoms with Gasteiger partial charge in [0.05, 0.1) is 12.7 Å². The van der Waals surface area contributed by atoms with E-state index < -0.39 is 5.60 Å². The first kappa shape index (κ1) is 13.7. The van der Waals surface area contributed by atoms with Crippen LogP contribution in [0, 0.1) is 6.92 Å². The van der Waals surface area contributed by atoms with Crippen molar-refractivity contribution in [3.63, 3.8) is 0 Å². The smallest absolute Gasteiger partial charge is 0.339 e. The number of rotatable bonds is 3. The van der Waals surface area contributed by atoms with E-state index in [9.17, 15) is 4.79 Å². The molecule has 0 radical (unpaired) electrons. The first-order chi connectivity index (χ1) is 10.0. The predicted molar refractivity (Wildman–Crippen MR) is 80.6 cm³/mol. The molecule has 1 aliphatic rings. The summed E-state index contributed by atoms with van der Waals surface area (Å²) in [7, 11) is 1.61. The second kappa shape index (κ2) is 4.92. The molecule has 3 rings (SSSR count). The molecule has 108 valence electrons. The second-order valence-electron chi connectivity index (χ2n) is 5.60. The molecule has 1 heterocycles. The van der Waals surface area contributed by atoms with Crippen LogP contribution in [0.1, 0.15) is 34.0 Å². The van der Waals surface area contributed by atoms with E-state index in [0.717, 1.165) is 22.4 Å². The van der Waals surface area contributed by atoms with Gasteiger partial charge in [0.15, 0.2) is 0 Å². The SMILES string of the molecule is COc1ccc2c(c1C)C(=O)OC2(C)Cc1ccccc1. The van der Waals surface area contributed by atoms with Crippen molar-refractivity contribution in [2.75, 3.05) is 7.11 Å². The van der Waals surface area contributed by atoms with E-state index >= 15 is 0 Å². The molecule has 0 saturated carbocycles. The van der Waals surface area contributed by atoms with Crippen LogP contribution in [-0.2, 0) is 16.8 Å². The minimum Gasteiger partial charge on any atom is -0.496 e. The lowest BCUT2D eigenvalue weighted by atomic mass is 9.86. The molecule has 0 aliphatic carbocycles. The van der Waals surface area contributed by atoms with E-state index in [-0.39, 0.29) is 5.97 Å². The highest BCUT2D eigenvalue weighted by Gasteiger charge is 2.43. The molecule has 0 aromatic heterocycles. The van der Waals surface area contributed by atoms with Gasteiger partial charge in [0, 0.05) is 17.5 Å². The summed E-state index contributed by atoms with van der Waals surface area (Å²) < 4.78 is 11.0. The van der Waals surface area contributed by atoms with Crippen LogP contribution in [0.4, 0.5) is 0 Å². The Morgan fingerprint density at radius 3 is 2.52 bits per heavy atom. The lowest BCUT2D eigenvalue weighted by Crippen LogP contribution is -2.24. The fourth-order valence-electron chi connectivity index (χ4n) is 3.04. The van der Waals surface area contributed by atoms with Crippen molar-refractivity contribution in [3.8, 4) is 5.75 Å². The van der Waals surface area contributed by atoms with Crippen molar-refractivity contribution in [1.82, 2.24) is 0 Å². The van der Waals surface area contributed by atoms with Gasteiger partial charge in [0.1, 0.15) is 11.4 Å². The summed E-state index contributed by atoms with van der Waals surface area (Å²) in [5, 5.41) is 0. The normalized spacial score (nSPS) is 20.0. The Morgan fingerprint density at radius 1 is 1.14 bits per heavy atom. The highest BCUT2D eigenvalue weighted by atomic mass is 16.6. The summed E-state index contributed by atoms with van der Waals surface area (Å²) in [5.41, 5.74) is 2.96. The van der Waals surface area contributed by atoms with Gasteiger partial charge in [0.2, 0.25) is 0 Å². The standard InChI is InChI=1S/C18H18O3/c1-12-15(20-3)10-9-14-16(12)17(19)21-18(14,2)11-13-7-5-4-6-8-13/h4-10H,11H2,1-3H3. The summed E-state index contributed by atoms with van der Waals surface area (Å²) in [5.74, 6) is 0.453. The molecule has 21 heavy (non-hydrogen) atoms. The molecule has 1 aliphatic heterocycles. The zero-order valence-corrected chi connectivity index (χ0v) is 12.5. The van der Waals surface area contributed by atoms with Gasteiger partial charge in [-0.2, -0.15) is 0 Å². The summed E-state index contributed by atoms with van der Waals surface area (Å²) in [6.07, 6.45) is 0.665. The molecular formula is C18H18O3. The molecule has 0 N–H and O–H groups in total. The van der Waals surface area contributed by atoms with Gasteiger partial charge in [-0.05, 0) is 25.5 Å². The maximum atomic E-state index is 12.3. The molecule has 3 nitrogen and oxygen atoms in total. The van der Waals surface area contributed by atoms with Crippen LogP contribution in [0.2, 0.25) is 0 Å². The predicted octanol–water partition coefficient (Wildman–Crippen LogP) is 3.63. The van der Waals surface area contributed by atoms with Crippen LogP contribution < -0.4 is 4.74 Å². The molecule has 3 heteroatoms. The highest BCUT2D eigenvalue weighted by Crippen LogP contribution is 2.42. The number of methoxy groups -OCH3 is 1. The van der Waals surface area contributed by atoms with E-state index in [1.54, 1.807) is 7.11 Å². The number of hydrogen-bond donors (Lipinski definition) is 0. The van der Waals surface area contributed by atoms with Gasteiger partial charge < -0.3 is 9.47 Å². The maximum absolute atomic E-state index is 12.3. The third kappa shape index (κ3) is 2.19. The minimum atomic E-state index is -0.620. The van der Waals surface area contributed by atoms with E-state index in [1.807, 2.05) is 56.3 Å². The Hall–Kier alpha value is -2.29. The monoisotopic (exact) mass is 282 g/mol. The molecule has 0 saturated heterocycles. The van der Waals surface area contributed by atoms with E-state index in [0.29, 0.717) is 12.0 Å². The topological polar surface area (TPSA) is 35.5 Å². The van der Waals surface area contributed by atoms with E-state index in [1.165, 1.54) is 0 Å². The van der Waals surface area contributed by atoms with Gasteiger partial charge in [-0.25, -0.2) is 4.79 Å². The zero-order chi connectivity index (χ0) is 15.0. The van der Waals surface area contributed by atoms with Crippen molar-refractivity contribution in [2.45, 2.75) is 25.9 Å². The number of ether oxygens (including phenoxy) is 2. The van der Waals surface area contributed by atoms with Crippen LogP contribution in [0.25, 0.3) is 0 Å². The van der Waals surface area contributed by atoms with Crippen LogP contribution in [0.3, 0.4) is 0 Å². The fraction of sp³-hybridized carbons (Fsp3) is 0.278. The average Bonchev–Trinajstić information content (AvgIpc) is 2.72. The molecule has 0 fully saturated rings. The molecule has 2 aromatic rings. The second-order valence-corrected chi connectivity index (χ2v) is 5.60. The van der Waals surface area contributed by atoms with Crippen molar-refractivity contribution >= 4 is 5.97 Å². The first-order valence-electron chi connectivity index (χ1n) is 7.00. The molecule has 0 amide bonds. The summed E-state index contributed by atoms with van der Waals surface area (Å²) in [6.45, 7) is 3.86. The first-order valence-corrected chi connectivity index (χ1v) is 7.00. The van der Waals surface area contributed by atoms with Gasteiger partial charge in [0.25, 0.3) is 0 Å². The largest absolute Gasteiger partial charge is 0.496 e. The van der Waals surface area contributed by atoms with Gasteiger partial charge >= 0.3 is 5.97 Å². The number of esters is 1. The summed E-state index contributed by atoms with van der Waals surface area (Å²) in [6, 6.07) is 13.9. The Kier molecular flexibility index (Phi) is 3.20. The summed E-state index contributed by atoms with van der Waals surface area (Å²) in [4.78, 5) is 12.3. The average molecular weight is 282 g/mol. The Labute approximate surface area is 124 Å². The van der Waals surface area contributed by atoms with Crippen LogP contribution in [-0.4, -0.2) is 13.1 Å². The van der Waals surface area contributed by atoms with Crippen LogP contribution in [0.5, 0.6) is 5.75 Å². The lowest BCUT2D eigenvalue weighted by Gasteiger charge is -2.24. The van der Waals surface area contributed by atoms with Crippen LogP contribution in [0.15, 0.2) is 42.5 Å². The fourth-order valence-corrected chi connectivity index (χ4v) is 3.04. The number of carbonyl (C=O) groups is 1. The zero-order valence-electron chi connectivity index (χ0n) is 12.5. The quantitative estimate of drug-likeness (QED) is 0.806. The molecule has 1 unspecified atom stereocenters. The third-order valence-electron chi connectivity index (χ3n) is 4.11. The summed E-state index contributed by atoms with van der Waals surface area (Å²) >= 11 is 0. The van der Waals surface area contributed by atoms with Gasteiger partial charge in [-0.3, -0.25) is 0 Å². The molecule has 0 bridgehead atoms. The van der Waals surface area contributed by atoms with E-state index in [4.69, 9.17) is 9.47 Å². The number of hydrogen-bond acceptors (Lipinski definition) is 3. The van der Waals surface area contributed by atoms with Crippen molar-refractivity contribution < 1.29 is 14.3 Å². The van der Waals surface area contributed by atoms with E-state index in [2.05, 4.69) is 0 Å². The number of benzene rings is 2. The number of fused-ring (bicyclic) bond motifs is 1. The van der Waals surface area contributed by atoms with Gasteiger partial charge in [-0.15, -0.1) is 0 Å². The van der Waals surface area contributed by atoms with Crippen molar-refractivity contribution in [2.24, 2.45) is 0 Å². The lowest BCUT2D eigenvalue weighted by molar-refractivity contribution is 0.00117. The minimum absolute atomic E-state index is 0.264. The van der Waals surface area contributed by atoms with Crippen LogP contribution >= 0.6 is 0 Å². The van der Waals surface area contributed by atoms with Gasteiger partial charge in [-0.1, -0.05) is 36.4 Å². The Bertz CT molecular complexity index is 691. The molecule has 2 aromatic carbocycles. The van der Waals surface area contributed by atoms with Crippen molar-refractivity contribution in [1.29, 1.82) is 0 Å². The Morgan fingerprint density at radius 2 is 1.86 bits per heavy atom. The maximum Gasteiger partial charge on any atom is 0.339 e. The Balaban J connectivity index is 2.06. The van der Waals surface area contributed by atoms with Crippen molar-refractivity contribution in [3.05, 3.63) is 64.7 Å². The molecular weight excluding hydrogens is 264 g/mol. The molecule has 1 atom stereocenters. The number of cyclic esters (lactones) is 1. The highest BCUT2D eigenvalue weighted by molar-refractivity contribution is 5.97. The number of carbonyl (C=O) groups excluding carboxylic acids is 1.